The zero-order chi connectivity index (χ0) is 13.1. The van der Waals surface area contributed by atoms with Crippen LogP contribution in [0.5, 0.6) is 0 Å². The monoisotopic (exact) mass is 257 g/mol. The molecule has 0 bridgehead atoms. The topological polar surface area (TPSA) is 69.6 Å². The Morgan fingerprint density at radius 1 is 1.11 bits per heavy atom. The van der Waals surface area contributed by atoms with Crippen LogP contribution in [-0.4, -0.2) is 20.2 Å². The van der Waals surface area contributed by atoms with E-state index in [1.54, 1.807) is 0 Å². The highest BCUT2D eigenvalue weighted by atomic mass is 15.5. The molecule has 1 aromatic heterocycles. The first-order chi connectivity index (χ1) is 9.28. The van der Waals surface area contributed by atoms with Crippen molar-refractivity contribution >= 4 is 0 Å². The molecule has 0 saturated heterocycles. The molecule has 1 heterocycles. The Kier molecular flexibility index (Phi) is 3.29. The second-order valence-electron chi connectivity index (χ2n) is 5.36. The number of nitrogens with two attached hydrogens (primary N) is 1. The van der Waals surface area contributed by atoms with E-state index in [0.717, 1.165) is 31.5 Å². The van der Waals surface area contributed by atoms with Crippen LogP contribution in [0.25, 0.3) is 0 Å². The number of nitrogens with zero attached hydrogens (tertiary/aromatic N) is 4. The molecule has 1 fully saturated rings. The lowest BCUT2D eigenvalue weighted by Gasteiger charge is -2.31. The van der Waals surface area contributed by atoms with Gasteiger partial charge in [0, 0.05) is 0 Å². The van der Waals surface area contributed by atoms with Crippen molar-refractivity contribution in [2.75, 3.05) is 0 Å². The summed E-state index contributed by atoms with van der Waals surface area (Å²) in [5.41, 5.74) is 7.36. The van der Waals surface area contributed by atoms with E-state index in [4.69, 9.17) is 5.73 Å². The van der Waals surface area contributed by atoms with Crippen molar-refractivity contribution in [1.82, 2.24) is 20.2 Å². The average Bonchev–Trinajstić information content (AvgIpc) is 2.90. The zero-order valence-corrected chi connectivity index (χ0v) is 11.0. The smallest absolute Gasteiger partial charge is 0.171 e. The molecule has 2 aromatic rings. The molecule has 100 valence electrons. The van der Waals surface area contributed by atoms with E-state index in [9.17, 15) is 0 Å². The van der Waals surface area contributed by atoms with Crippen LogP contribution in [0.1, 0.15) is 43.5 Å². The molecule has 2 N–H and O–H groups in total. The fourth-order valence-electron chi connectivity index (χ4n) is 2.83. The fourth-order valence-corrected chi connectivity index (χ4v) is 2.83. The molecule has 3 rings (SSSR count). The first kappa shape index (κ1) is 12.3. The van der Waals surface area contributed by atoms with Crippen molar-refractivity contribution < 1.29 is 0 Å². The minimum atomic E-state index is -0.351. The van der Waals surface area contributed by atoms with Gasteiger partial charge in [-0.3, -0.25) is 0 Å². The number of hydrogen-bond acceptors (Lipinski definition) is 4. The first-order valence-corrected chi connectivity index (χ1v) is 6.87. The summed E-state index contributed by atoms with van der Waals surface area (Å²) in [6.07, 6.45) is 5.53. The fraction of sp³-hybridized carbons (Fsp3) is 0.500. The van der Waals surface area contributed by atoms with Gasteiger partial charge in [-0.2, -0.15) is 0 Å². The highest BCUT2D eigenvalue weighted by Crippen LogP contribution is 2.33. The third kappa shape index (κ3) is 2.51. The molecule has 0 aliphatic heterocycles. The molecule has 0 amide bonds. The minimum Gasteiger partial charge on any atom is -0.319 e. The predicted octanol–water partition coefficient (Wildman–Crippen LogP) is 1.84. The second kappa shape index (κ2) is 5.09. The van der Waals surface area contributed by atoms with Crippen molar-refractivity contribution in [2.45, 2.75) is 44.2 Å². The molecule has 1 aliphatic rings. The molecule has 5 heteroatoms. The lowest BCUT2D eigenvalue weighted by molar-refractivity contribution is 0.276. The van der Waals surface area contributed by atoms with Gasteiger partial charge in [0.25, 0.3) is 0 Å². The summed E-state index contributed by atoms with van der Waals surface area (Å²) < 4.78 is 1.85. The summed E-state index contributed by atoms with van der Waals surface area (Å²) in [6.45, 7) is 0.683. The van der Waals surface area contributed by atoms with Gasteiger partial charge in [0.2, 0.25) is 0 Å². The van der Waals surface area contributed by atoms with Gasteiger partial charge in [-0.25, -0.2) is 4.68 Å². The summed E-state index contributed by atoms with van der Waals surface area (Å²) in [5, 5.41) is 12.1. The number of benzene rings is 1. The van der Waals surface area contributed by atoms with Crippen LogP contribution in [0, 0.1) is 0 Å². The van der Waals surface area contributed by atoms with Gasteiger partial charge in [0.1, 0.15) is 0 Å². The summed E-state index contributed by atoms with van der Waals surface area (Å²) >= 11 is 0. The van der Waals surface area contributed by atoms with E-state index in [0.29, 0.717) is 6.54 Å². The van der Waals surface area contributed by atoms with E-state index in [1.165, 1.54) is 12.0 Å². The number of hydrogen-bond donors (Lipinski definition) is 1. The molecular weight excluding hydrogens is 238 g/mol. The Morgan fingerprint density at radius 2 is 1.84 bits per heavy atom. The maximum Gasteiger partial charge on any atom is 0.171 e. The van der Waals surface area contributed by atoms with Gasteiger partial charge >= 0.3 is 0 Å². The van der Waals surface area contributed by atoms with Crippen molar-refractivity contribution in [1.29, 1.82) is 0 Å². The zero-order valence-electron chi connectivity index (χ0n) is 11.0. The Balaban J connectivity index is 1.86. The standard InChI is InChI=1S/C14H19N5/c15-14(9-5-2-6-10-14)13-16-17-18-19(13)11-12-7-3-1-4-8-12/h1,3-4,7-8H,2,5-6,9-11,15H2. The van der Waals surface area contributed by atoms with Crippen LogP contribution in [0.3, 0.4) is 0 Å². The lowest BCUT2D eigenvalue weighted by atomic mass is 9.82. The summed E-state index contributed by atoms with van der Waals surface area (Å²) in [7, 11) is 0. The molecule has 0 atom stereocenters. The largest absolute Gasteiger partial charge is 0.319 e. The molecule has 1 saturated carbocycles. The number of aromatic nitrogens is 4. The van der Waals surface area contributed by atoms with Crippen molar-refractivity contribution in [3.8, 4) is 0 Å². The number of rotatable bonds is 3. The highest BCUT2D eigenvalue weighted by molar-refractivity contribution is 5.16. The van der Waals surface area contributed by atoms with Crippen LogP contribution in [0.4, 0.5) is 0 Å². The minimum absolute atomic E-state index is 0.351. The van der Waals surface area contributed by atoms with Crippen LogP contribution >= 0.6 is 0 Å². The predicted molar refractivity (Wildman–Crippen MR) is 72.3 cm³/mol. The Hall–Kier alpha value is -1.75. The molecule has 0 radical (unpaired) electrons. The second-order valence-corrected chi connectivity index (χ2v) is 5.36. The molecular formula is C14H19N5. The lowest BCUT2D eigenvalue weighted by Crippen LogP contribution is -2.41. The van der Waals surface area contributed by atoms with Crippen molar-refractivity contribution in [2.24, 2.45) is 5.73 Å². The third-order valence-electron chi connectivity index (χ3n) is 3.90. The van der Waals surface area contributed by atoms with Gasteiger partial charge in [-0.05, 0) is 28.8 Å². The molecule has 1 aliphatic carbocycles. The molecule has 0 unspecified atom stereocenters. The molecule has 5 nitrogen and oxygen atoms in total. The summed E-state index contributed by atoms with van der Waals surface area (Å²) in [5.74, 6) is 0.830. The van der Waals surface area contributed by atoms with E-state index in [1.807, 2.05) is 22.9 Å². The van der Waals surface area contributed by atoms with Gasteiger partial charge in [0.05, 0.1) is 12.1 Å². The number of tetrazole rings is 1. The third-order valence-corrected chi connectivity index (χ3v) is 3.90. The van der Waals surface area contributed by atoms with Crippen LogP contribution in [0.15, 0.2) is 30.3 Å². The van der Waals surface area contributed by atoms with Gasteiger partial charge in [-0.15, -0.1) is 5.10 Å². The van der Waals surface area contributed by atoms with E-state index >= 15 is 0 Å². The molecule has 0 spiro atoms. The van der Waals surface area contributed by atoms with Crippen LogP contribution in [-0.2, 0) is 12.1 Å². The highest BCUT2D eigenvalue weighted by Gasteiger charge is 2.34. The van der Waals surface area contributed by atoms with E-state index in [2.05, 4.69) is 27.7 Å². The van der Waals surface area contributed by atoms with Crippen LogP contribution < -0.4 is 5.73 Å². The Morgan fingerprint density at radius 3 is 2.58 bits per heavy atom. The van der Waals surface area contributed by atoms with Crippen LogP contribution in [0.2, 0.25) is 0 Å². The maximum atomic E-state index is 6.52. The van der Waals surface area contributed by atoms with E-state index in [-0.39, 0.29) is 5.54 Å². The molecule has 19 heavy (non-hydrogen) atoms. The summed E-state index contributed by atoms with van der Waals surface area (Å²) in [6, 6.07) is 10.2. The normalized spacial score (nSPS) is 18.4. The first-order valence-electron chi connectivity index (χ1n) is 6.87. The Labute approximate surface area is 112 Å². The van der Waals surface area contributed by atoms with Crippen molar-refractivity contribution in [3.05, 3.63) is 41.7 Å². The quantitative estimate of drug-likeness (QED) is 0.911. The maximum absolute atomic E-state index is 6.52. The van der Waals surface area contributed by atoms with Gasteiger partial charge in [0.15, 0.2) is 5.82 Å². The summed E-state index contributed by atoms with van der Waals surface area (Å²) in [4.78, 5) is 0. The van der Waals surface area contributed by atoms with Gasteiger partial charge < -0.3 is 5.73 Å². The average molecular weight is 257 g/mol. The Bertz CT molecular complexity index is 528. The van der Waals surface area contributed by atoms with E-state index < -0.39 is 0 Å². The SMILES string of the molecule is NC1(c2nnnn2Cc2ccccc2)CCCCC1. The molecule has 1 aromatic carbocycles. The van der Waals surface area contributed by atoms with Gasteiger partial charge in [-0.1, -0.05) is 49.6 Å². The van der Waals surface area contributed by atoms with Crippen molar-refractivity contribution in [3.63, 3.8) is 0 Å².